The summed E-state index contributed by atoms with van der Waals surface area (Å²) in [6.07, 6.45) is 20.6. The molecule has 0 saturated heterocycles. The van der Waals surface area contributed by atoms with Crippen LogP contribution in [-0.2, 0) is 12.8 Å². The lowest BCUT2D eigenvalue weighted by Gasteiger charge is -2.05. The molecular formula is C28H42O2. The first-order valence-electron chi connectivity index (χ1n) is 12.3. The van der Waals surface area contributed by atoms with Crippen molar-refractivity contribution in [1.29, 1.82) is 0 Å². The number of phenols is 2. The minimum Gasteiger partial charge on any atom is -0.508 e. The smallest absolute Gasteiger partial charge is 0.118 e. The van der Waals surface area contributed by atoms with Crippen molar-refractivity contribution in [2.45, 2.75) is 103 Å². The highest BCUT2D eigenvalue weighted by Crippen LogP contribution is 2.20. The quantitative estimate of drug-likeness (QED) is 0.257. The molecule has 0 amide bonds. The molecule has 2 nitrogen and oxygen atoms in total. The topological polar surface area (TPSA) is 40.5 Å². The van der Waals surface area contributed by atoms with Crippen LogP contribution in [0.25, 0.3) is 0 Å². The van der Waals surface area contributed by atoms with Crippen molar-refractivity contribution in [3.05, 3.63) is 59.7 Å². The number of para-hydroxylation sites is 2. The molecule has 0 aliphatic rings. The second-order valence-electron chi connectivity index (χ2n) is 8.71. The van der Waals surface area contributed by atoms with E-state index >= 15 is 0 Å². The predicted octanol–water partition coefficient (Wildman–Crippen LogP) is 8.34. The second kappa shape index (κ2) is 15.8. The van der Waals surface area contributed by atoms with Crippen molar-refractivity contribution in [3.63, 3.8) is 0 Å². The molecular weight excluding hydrogens is 368 g/mol. The summed E-state index contributed by atoms with van der Waals surface area (Å²) in [5.41, 5.74) is 2.18. The molecule has 0 saturated carbocycles. The van der Waals surface area contributed by atoms with Gasteiger partial charge >= 0.3 is 0 Å². The predicted molar refractivity (Wildman–Crippen MR) is 128 cm³/mol. The van der Waals surface area contributed by atoms with Gasteiger partial charge < -0.3 is 10.2 Å². The van der Waals surface area contributed by atoms with E-state index in [9.17, 15) is 10.2 Å². The van der Waals surface area contributed by atoms with Gasteiger partial charge in [-0.05, 0) is 48.9 Å². The summed E-state index contributed by atoms with van der Waals surface area (Å²) in [4.78, 5) is 0. The van der Waals surface area contributed by atoms with E-state index in [1.807, 2.05) is 36.4 Å². The van der Waals surface area contributed by atoms with Gasteiger partial charge in [0.25, 0.3) is 0 Å². The Morgan fingerprint density at radius 3 is 0.933 bits per heavy atom. The number of unbranched alkanes of at least 4 members (excludes halogenated alkanes) is 13. The fraction of sp³-hybridized carbons (Fsp3) is 0.571. The minimum absolute atomic E-state index is 0.449. The molecule has 0 aliphatic heterocycles. The number of hydrogen-bond acceptors (Lipinski definition) is 2. The number of rotatable bonds is 17. The molecule has 2 aromatic rings. The van der Waals surface area contributed by atoms with Gasteiger partial charge in [-0.2, -0.15) is 0 Å². The average molecular weight is 411 g/mol. The molecule has 2 N–H and O–H groups in total. The molecule has 0 aromatic heterocycles. The van der Waals surface area contributed by atoms with Crippen molar-refractivity contribution in [3.8, 4) is 11.5 Å². The molecule has 0 fully saturated rings. The van der Waals surface area contributed by atoms with Crippen LogP contribution in [0.1, 0.15) is 101 Å². The highest BCUT2D eigenvalue weighted by atomic mass is 16.3. The Morgan fingerprint density at radius 2 is 0.633 bits per heavy atom. The summed E-state index contributed by atoms with van der Waals surface area (Å²) < 4.78 is 0. The fourth-order valence-electron chi connectivity index (χ4n) is 4.20. The van der Waals surface area contributed by atoms with Gasteiger partial charge in [-0.3, -0.25) is 0 Å². The summed E-state index contributed by atoms with van der Waals surface area (Å²) in [6, 6.07) is 15.4. The molecule has 2 heteroatoms. The van der Waals surface area contributed by atoms with Crippen molar-refractivity contribution < 1.29 is 10.2 Å². The normalized spacial score (nSPS) is 11.1. The minimum atomic E-state index is 0.449. The lowest BCUT2D eigenvalue weighted by atomic mass is 10.0. The molecule has 2 rings (SSSR count). The van der Waals surface area contributed by atoms with Gasteiger partial charge in [0.05, 0.1) is 0 Å². The number of aryl methyl sites for hydroxylation is 2. The van der Waals surface area contributed by atoms with E-state index in [0.29, 0.717) is 11.5 Å². The van der Waals surface area contributed by atoms with Crippen molar-refractivity contribution >= 4 is 0 Å². The summed E-state index contributed by atoms with van der Waals surface area (Å²) in [7, 11) is 0. The largest absolute Gasteiger partial charge is 0.508 e. The molecule has 0 spiro atoms. The van der Waals surface area contributed by atoms with Crippen LogP contribution in [0.5, 0.6) is 11.5 Å². The third kappa shape index (κ3) is 10.7. The molecule has 0 atom stereocenters. The molecule has 0 radical (unpaired) electrons. The Bertz CT molecular complexity index is 620. The molecule has 0 heterocycles. The number of aromatic hydroxyl groups is 2. The van der Waals surface area contributed by atoms with E-state index < -0.39 is 0 Å². The third-order valence-electron chi connectivity index (χ3n) is 6.13. The van der Waals surface area contributed by atoms with E-state index in [-0.39, 0.29) is 0 Å². The van der Waals surface area contributed by atoms with Crippen LogP contribution in [0.3, 0.4) is 0 Å². The van der Waals surface area contributed by atoms with E-state index in [0.717, 1.165) is 24.0 Å². The van der Waals surface area contributed by atoms with E-state index in [2.05, 4.69) is 0 Å². The van der Waals surface area contributed by atoms with Crippen molar-refractivity contribution in [2.24, 2.45) is 0 Å². The standard InChI is InChI=1S/C28H42O2/c29-27-23-17-15-21-25(27)19-13-11-9-7-5-3-1-2-4-6-8-10-12-14-20-26-22-16-18-24-28(26)30/h15-18,21-24,29-30H,1-14,19-20H2. The maximum Gasteiger partial charge on any atom is 0.118 e. The van der Waals surface area contributed by atoms with E-state index in [4.69, 9.17) is 0 Å². The molecule has 0 unspecified atom stereocenters. The van der Waals surface area contributed by atoms with E-state index in [1.165, 1.54) is 89.9 Å². The van der Waals surface area contributed by atoms with Crippen LogP contribution in [0.4, 0.5) is 0 Å². The summed E-state index contributed by atoms with van der Waals surface area (Å²) in [6.45, 7) is 0. The zero-order valence-corrected chi connectivity index (χ0v) is 18.8. The first-order chi connectivity index (χ1) is 14.8. The summed E-state index contributed by atoms with van der Waals surface area (Å²) in [5, 5.41) is 19.5. The Hall–Kier alpha value is -1.96. The Morgan fingerprint density at radius 1 is 0.367 bits per heavy atom. The Balaban J connectivity index is 1.29. The van der Waals surface area contributed by atoms with Crippen LogP contribution in [0.2, 0.25) is 0 Å². The average Bonchev–Trinajstić information content (AvgIpc) is 2.76. The summed E-state index contributed by atoms with van der Waals surface area (Å²) in [5.74, 6) is 0.898. The van der Waals surface area contributed by atoms with Gasteiger partial charge in [-0.1, -0.05) is 113 Å². The molecule has 0 aliphatic carbocycles. The van der Waals surface area contributed by atoms with Gasteiger partial charge in [0.15, 0.2) is 0 Å². The maximum absolute atomic E-state index is 9.77. The zero-order valence-electron chi connectivity index (χ0n) is 18.8. The number of benzene rings is 2. The van der Waals surface area contributed by atoms with Crippen LogP contribution in [-0.4, -0.2) is 10.2 Å². The fourth-order valence-corrected chi connectivity index (χ4v) is 4.20. The maximum atomic E-state index is 9.77. The lowest BCUT2D eigenvalue weighted by molar-refractivity contribution is 0.465. The van der Waals surface area contributed by atoms with Crippen LogP contribution in [0.15, 0.2) is 48.5 Å². The third-order valence-corrected chi connectivity index (χ3v) is 6.13. The van der Waals surface area contributed by atoms with E-state index in [1.54, 1.807) is 12.1 Å². The molecule has 2 aromatic carbocycles. The van der Waals surface area contributed by atoms with Crippen LogP contribution in [0, 0.1) is 0 Å². The lowest BCUT2D eigenvalue weighted by Crippen LogP contribution is -1.88. The number of hydrogen-bond donors (Lipinski definition) is 2. The van der Waals surface area contributed by atoms with Crippen molar-refractivity contribution in [1.82, 2.24) is 0 Å². The Labute approximate surface area is 184 Å². The monoisotopic (exact) mass is 410 g/mol. The van der Waals surface area contributed by atoms with Gasteiger partial charge in [-0.25, -0.2) is 0 Å². The summed E-state index contributed by atoms with van der Waals surface area (Å²) >= 11 is 0. The molecule has 166 valence electrons. The first kappa shape index (κ1) is 24.3. The zero-order chi connectivity index (χ0) is 21.3. The molecule has 0 bridgehead atoms. The van der Waals surface area contributed by atoms with Gasteiger partial charge in [0.2, 0.25) is 0 Å². The second-order valence-corrected chi connectivity index (χ2v) is 8.71. The SMILES string of the molecule is Oc1ccccc1CCCCCCCCCCCCCCCCc1ccccc1O. The van der Waals surface area contributed by atoms with Crippen LogP contribution < -0.4 is 0 Å². The first-order valence-corrected chi connectivity index (χ1v) is 12.3. The van der Waals surface area contributed by atoms with Gasteiger partial charge in [-0.15, -0.1) is 0 Å². The highest BCUT2D eigenvalue weighted by Gasteiger charge is 2.00. The molecule has 30 heavy (non-hydrogen) atoms. The van der Waals surface area contributed by atoms with Gasteiger partial charge in [0, 0.05) is 0 Å². The Kier molecular flexibility index (Phi) is 12.8. The highest BCUT2D eigenvalue weighted by molar-refractivity contribution is 5.32. The van der Waals surface area contributed by atoms with Crippen molar-refractivity contribution in [2.75, 3.05) is 0 Å². The van der Waals surface area contributed by atoms with Crippen LogP contribution >= 0.6 is 0 Å². The van der Waals surface area contributed by atoms with Gasteiger partial charge in [0.1, 0.15) is 11.5 Å². The number of phenolic OH excluding ortho intramolecular Hbond substituents is 2.